The van der Waals surface area contributed by atoms with Gasteiger partial charge in [0.2, 0.25) is 0 Å². The van der Waals surface area contributed by atoms with Gasteiger partial charge in [0.1, 0.15) is 6.29 Å². The molecule has 0 bridgehead atoms. The first-order chi connectivity index (χ1) is 6.56. The van der Waals surface area contributed by atoms with Crippen LogP contribution in [0.3, 0.4) is 0 Å². The van der Waals surface area contributed by atoms with Crippen LogP contribution in [-0.2, 0) is 14.4 Å². The Kier molecular flexibility index (Phi) is 3.22. The smallest absolute Gasteiger partial charge is 0.312 e. The highest BCUT2D eigenvalue weighted by Crippen LogP contribution is 2.07. The van der Waals surface area contributed by atoms with E-state index in [1.54, 1.807) is 6.92 Å². The normalized spacial score (nSPS) is 24.4. The highest BCUT2D eigenvalue weighted by Gasteiger charge is 2.31. The molecule has 0 aliphatic carbocycles. The minimum atomic E-state index is -0.582. The summed E-state index contributed by atoms with van der Waals surface area (Å²) in [6.45, 7) is 4.33. The maximum atomic E-state index is 11.4. The van der Waals surface area contributed by atoms with Crippen LogP contribution >= 0.6 is 0 Å². The zero-order valence-electron chi connectivity index (χ0n) is 8.32. The molecule has 0 spiro atoms. The van der Waals surface area contributed by atoms with E-state index >= 15 is 0 Å². The number of carbonyl (C=O) groups is 3. The van der Waals surface area contributed by atoms with Crippen LogP contribution in [0.2, 0.25) is 0 Å². The second kappa shape index (κ2) is 4.21. The Bertz CT molecular complexity index is 265. The van der Waals surface area contributed by atoms with Crippen LogP contribution in [0.25, 0.3) is 0 Å². The number of amides is 2. The molecule has 5 heteroatoms. The Morgan fingerprint density at radius 1 is 1.64 bits per heavy atom. The van der Waals surface area contributed by atoms with E-state index < -0.39 is 11.8 Å². The molecule has 2 unspecified atom stereocenters. The van der Waals surface area contributed by atoms with Crippen LogP contribution in [0.5, 0.6) is 0 Å². The van der Waals surface area contributed by atoms with Gasteiger partial charge < -0.3 is 15.0 Å². The standard InChI is InChI=1S/C9H14N2O3/c1-6(5-12)4-11-7(2)3-10-8(13)9(11)14/h5-7H,3-4H2,1-2H3,(H,10,13). The van der Waals surface area contributed by atoms with E-state index in [1.165, 1.54) is 4.90 Å². The number of carbonyl (C=O) groups excluding carboxylic acids is 3. The first-order valence-corrected chi connectivity index (χ1v) is 4.60. The molecule has 2 amide bonds. The van der Waals surface area contributed by atoms with Gasteiger partial charge in [-0.15, -0.1) is 0 Å². The quantitative estimate of drug-likeness (QED) is 0.475. The monoisotopic (exact) mass is 198 g/mol. The van der Waals surface area contributed by atoms with E-state index in [4.69, 9.17) is 0 Å². The molecule has 0 saturated carbocycles. The van der Waals surface area contributed by atoms with Gasteiger partial charge in [-0.25, -0.2) is 0 Å². The fourth-order valence-electron chi connectivity index (χ4n) is 1.37. The van der Waals surface area contributed by atoms with Gasteiger partial charge in [0.25, 0.3) is 0 Å². The van der Waals surface area contributed by atoms with Crippen LogP contribution in [-0.4, -0.2) is 42.1 Å². The van der Waals surface area contributed by atoms with E-state index in [0.29, 0.717) is 13.1 Å². The summed E-state index contributed by atoms with van der Waals surface area (Å²) in [4.78, 5) is 34.3. The minimum Gasteiger partial charge on any atom is -0.346 e. The number of hydrogen-bond acceptors (Lipinski definition) is 3. The number of nitrogens with one attached hydrogen (secondary N) is 1. The molecular weight excluding hydrogens is 184 g/mol. The van der Waals surface area contributed by atoms with Gasteiger partial charge in [0.15, 0.2) is 0 Å². The summed E-state index contributed by atoms with van der Waals surface area (Å²) in [5, 5.41) is 2.48. The summed E-state index contributed by atoms with van der Waals surface area (Å²) in [5.74, 6) is -1.36. The Morgan fingerprint density at radius 2 is 2.29 bits per heavy atom. The highest BCUT2D eigenvalue weighted by molar-refractivity contribution is 6.35. The van der Waals surface area contributed by atoms with Crippen molar-refractivity contribution in [3.05, 3.63) is 0 Å². The number of rotatable bonds is 3. The van der Waals surface area contributed by atoms with E-state index in [9.17, 15) is 14.4 Å². The zero-order chi connectivity index (χ0) is 10.7. The lowest BCUT2D eigenvalue weighted by molar-refractivity contribution is -0.150. The maximum absolute atomic E-state index is 11.4. The fraction of sp³-hybridized carbons (Fsp3) is 0.667. The molecule has 78 valence electrons. The third kappa shape index (κ3) is 2.10. The van der Waals surface area contributed by atoms with Crippen LogP contribution in [0, 0.1) is 5.92 Å². The third-order valence-electron chi connectivity index (χ3n) is 2.26. The lowest BCUT2D eigenvalue weighted by atomic mass is 10.1. The SMILES string of the molecule is CC(C=O)CN1C(=O)C(=O)NCC1C. The predicted molar refractivity (Wildman–Crippen MR) is 49.4 cm³/mol. The predicted octanol–water partition coefficient (Wildman–Crippen LogP) is -0.832. The van der Waals surface area contributed by atoms with Crippen molar-refractivity contribution in [1.82, 2.24) is 10.2 Å². The van der Waals surface area contributed by atoms with Gasteiger partial charge >= 0.3 is 11.8 Å². The van der Waals surface area contributed by atoms with Crippen molar-refractivity contribution in [3.8, 4) is 0 Å². The summed E-state index contributed by atoms with van der Waals surface area (Å²) in [5.41, 5.74) is 0. The van der Waals surface area contributed by atoms with Gasteiger partial charge in [-0.3, -0.25) is 9.59 Å². The van der Waals surface area contributed by atoms with Crippen molar-refractivity contribution in [2.24, 2.45) is 5.92 Å². The second-order valence-corrected chi connectivity index (χ2v) is 3.63. The van der Waals surface area contributed by atoms with Crippen molar-refractivity contribution < 1.29 is 14.4 Å². The van der Waals surface area contributed by atoms with Crippen LogP contribution < -0.4 is 5.32 Å². The van der Waals surface area contributed by atoms with Crippen LogP contribution in [0.1, 0.15) is 13.8 Å². The molecule has 1 fully saturated rings. The van der Waals surface area contributed by atoms with E-state index in [2.05, 4.69) is 5.32 Å². The molecule has 2 atom stereocenters. The molecule has 1 rings (SSSR count). The summed E-state index contributed by atoms with van der Waals surface area (Å²) >= 11 is 0. The highest BCUT2D eigenvalue weighted by atomic mass is 16.2. The Hall–Kier alpha value is -1.39. The Balaban J connectivity index is 2.67. The average Bonchev–Trinajstić information content (AvgIpc) is 2.18. The number of aldehydes is 1. The molecular formula is C9H14N2O3. The largest absolute Gasteiger partial charge is 0.346 e. The zero-order valence-corrected chi connectivity index (χ0v) is 8.32. The first-order valence-electron chi connectivity index (χ1n) is 4.60. The van der Waals surface area contributed by atoms with Gasteiger partial charge in [0.05, 0.1) is 0 Å². The lowest BCUT2D eigenvalue weighted by Gasteiger charge is -2.33. The second-order valence-electron chi connectivity index (χ2n) is 3.63. The Morgan fingerprint density at radius 3 is 2.86 bits per heavy atom. The number of nitrogens with zero attached hydrogens (tertiary/aromatic N) is 1. The number of piperazine rings is 1. The minimum absolute atomic E-state index is 0.0393. The molecule has 1 saturated heterocycles. The summed E-state index contributed by atoms with van der Waals surface area (Å²) < 4.78 is 0. The molecule has 0 aromatic heterocycles. The molecule has 0 radical (unpaired) electrons. The van der Waals surface area contributed by atoms with Crippen molar-refractivity contribution in [2.75, 3.05) is 13.1 Å². The third-order valence-corrected chi connectivity index (χ3v) is 2.26. The van der Waals surface area contributed by atoms with Gasteiger partial charge in [-0.1, -0.05) is 6.92 Å². The summed E-state index contributed by atoms with van der Waals surface area (Å²) in [6.07, 6.45) is 0.784. The first kappa shape index (κ1) is 10.7. The molecule has 1 N–H and O–H groups in total. The molecule has 0 aromatic rings. The van der Waals surface area contributed by atoms with Crippen molar-refractivity contribution in [1.29, 1.82) is 0 Å². The van der Waals surface area contributed by atoms with E-state index in [-0.39, 0.29) is 12.0 Å². The fourth-order valence-corrected chi connectivity index (χ4v) is 1.37. The average molecular weight is 198 g/mol. The van der Waals surface area contributed by atoms with Crippen molar-refractivity contribution in [2.45, 2.75) is 19.9 Å². The Labute approximate surface area is 82.4 Å². The maximum Gasteiger partial charge on any atom is 0.312 e. The topological polar surface area (TPSA) is 66.5 Å². The van der Waals surface area contributed by atoms with Gasteiger partial charge in [-0.2, -0.15) is 0 Å². The van der Waals surface area contributed by atoms with Crippen LogP contribution in [0.4, 0.5) is 0 Å². The van der Waals surface area contributed by atoms with Crippen molar-refractivity contribution in [3.63, 3.8) is 0 Å². The van der Waals surface area contributed by atoms with Crippen molar-refractivity contribution >= 4 is 18.1 Å². The van der Waals surface area contributed by atoms with E-state index in [1.807, 2.05) is 6.92 Å². The van der Waals surface area contributed by atoms with Crippen LogP contribution in [0.15, 0.2) is 0 Å². The molecule has 1 aliphatic rings. The molecule has 14 heavy (non-hydrogen) atoms. The number of hydrogen-bond donors (Lipinski definition) is 1. The summed E-state index contributed by atoms with van der Waals surface area (Å²) in [6, 6.07) is -0.0393. The molecule has 0 aromatic carbocycles. The lowest BCUT2D eigenvalue weighted by Crippen LogP contribution is -2.57. The van der Waals surface area contributed by atoms with Gasteiger partial charge in [0, 0.05) is 25.0 Å². The molecule has 1 heterocycles. The van der Waals surface area contributed by atoms with E-state index in [0.717, 1.165) is 6.29 Å². The molecule has 5 nitrogen and oxygen atoms in total. The molecule has 1 aliphatic heterocycles. The summed E-state index contributed by atoms with van der Waals surface area (Å²) in [7, 11) is 0. The van der Waals surface area contributed by atoms with Gasteiger partial charge in [-0.05, 0) is 6.92 Å².